The quantitative estimate of drug-likeness (QED) is 0.659. The van der Waals surface area contributed by atoms with Crippen molar-refractivity contribution in [2.24, 2.45) is 0 Å². The minimum Gasteiger partial charge on any atom is -0.455 e. The molecule has 0 bridgehead atoms. The predicted molar refractivity (Wildman–Crippen MR) is 107 cm³/mol. The first-order chi connectivity index (χ1) is 13.2. The Morgan fingerprint density at radius 3 is 2.48 bits per heavy atom. The van der Waals surface area contributed by atoms with E-state index in [1.807, 2.05) is 78.7 Å². The number of pyridine rings is 1. The molecule has 3 aromatic rings. The SMILES string of the molecule is CN(CCc1ccncc1)CC(=O)Nc1ccccc1Oc1ccccc1. The van der Waals surface area contributed by atoms with Crippen LogP contribution in [0.3, 0.4) is 0 Å². The van der Waals surface area contributed by atoms with Crippen molar-refractivity contribution in [1.82, 2.24) is 9.88 Å². The minimum absolute atomic E-state index is 0.0728. The van der Waals surface area contributed by atoms with Gasteiger partial charge < -0.3 is 10.1 Å². The molecule has 0 radical (unpaired) electrons. The molecule has 1 heterocycles. The molecule has 0 aliphatic carbocycles. The third-order valence-corrected chi connectivity index (χ3v) is 4.08. The van der Waals surface area contributed by atoms with E-state index in [1.54, 1.807) is 12.4 Å². The number of nitrogens with one attached hydrogen (secondary N) is 1. The number of nitrogens with zero attached hydrogens (tertiary/aromatic N) is 2. The lowest BCUT2D eigenvalue weighted by Crippen LogP contribution is -2.31. The molecule has 1 N–H and O–H groups in total. The summed E-state index contributed by atoms with van der Waals surface area (Å²) in [4.78, 5) is 18.4. The van der Waals surface area contributed by atoms with E-state index in [1.165, 1.54) is 5.56 Å². The van der Waals surface area contributed by atoms with Gasteiger partial charge in [0.05, 0.1) is 12.2 Å². The molecule has 2 aromatic carbocycles. The first-order valence-corrected chi connectivity index (χ1v) is 8.90. The Kier molecular flexibility index (Phi) is 6.55. The predicted octanol–water partition coefficient (Wildman–Crippen LogP) is 3.99. The Morgan fingerprint density at radius 1 is 1.00 bits per heavy atom. The number of amides is 1. The van der Waals surface area contributed by atoms with E-state index in [9.17, 15) is 4.79 Å². The van der Waals surface area contributed by atoms with E-state index in [0.29, 0.717) is 18.0 Å². The standard InChI is InChI=1S/C22H23N3O2/c1-25(16-13-18-11-14-23-15-12-18)17-22(26)24-20-9-5-6-10-21(20)27-19-7-3-2-4-8-19/h2-12,14-15H,13,16-17H2,1H3,(H,24,26). The zero-order valence-corrected chi connectivity index (χ0v) is 15.3. The molecule has 1 aromatic heterocycles. The van der Waals surface area contributed by atoms with Crippen LogP contribution in [0.4, 0.5) is 5.69 Å². The topological polar surface area (TPSA) is 54.5 Å². The van der Waals surface area contributed by atoms with Crippen molar-refractivity contribution in [2.75, 3.05) is 25.5 Å². The van der Waals surface area contributed by atoms with Crippen molar-refractivity contribution in [3.05, 3.63) is 84.7 Å². The molecule has 5 heteroatoms. The zero-order chi connectivity index (χ0) is 18.9. The Morgan fingerprint density at radius 2 is 1.70 bits per heavy atom. The molecule has 5 nitrogen and oxygen atoms in total. The number of rotatable bonds is 8. The van der Waals surface area contributed by atoms with Gasteiger partial charge in [-0.25, -0.2) is 0 Å². The van der Waals surface area contributed by atoms with Gasteiger partial charge in [0.1, 0.15) is 5.75 Å². The fourth-order valence-corrected chi connectivity index (χ4v) is 2.66. The van der Waals surface area contributed by atoms with Gasteiger partial charge in [0.15, 0.2) is 5.75 Å². The normalized spacial score (nSPS) is 10.6. The third-order valence-electron chi connectivity index (χ3n) is 4.08. The van der Waals surface area contributed by atoms with Crippen LogP contribution < -0.4 is 10.1 Å². The summed E-state index contributed by atoms with van der Waals surface area (Å²) < 4.78 is 5.89. The summed E-state index contributed by atoms with van der Waals surface area (Å²) in [7, 11) is 1.94. The molecule has 0 saturated carbocycles. The molecular formula is C22H23N3O2. The highest BCUT2D eigenvalue weighted by Crippen LogP contribution is 2.28. The lowest BCUT2D eigenvalue weighted by atomic mass is 10.2. The van der Waals surface area contributed by atoms with E-state index in [0.717, 1.165) is 18.7 Å². The minimum atomic E-state index is -0.0728. The van der Waals surface area contributed by atoms with E-state index in [4.69, 9.17) is 4.74 Å². The molecular weight excluding hydrogens is 338 g/mol. The number of hydrogen-bond donors (Lipinski definition) is 1. The number of carbonyl (C=O) groups is 1. The number of hydrogen-bond acceptors (Lipinski definition) is 4. The molecule has 0 saturated heterocycles. The molecule has 3 rings (SSSR count). The van der Waals surface area contributed by atoms with Crippen LogP contribution in [-0.2, 0) is 11.2 Å². The van der Waals surface area contributed by atoms with Crippen molar-refractivity contribution in [3.8, 4) is 11.5 Å². The number of carbonyl (C=O) groups excluding carboxylic acids is 1. The molecule has 1 amide bonds. The molecule has 0 unspecified atom stereocenters. The molecule has 0 fully saturated rings. The van der Waals surface area contributed by atoms with Crippen LogP contribution in [-0.4, -0.2) is 35.9 Å². The summed E-state index contributed by atoms with van der Waals surface area (Å²) in [5.74, 6) is 1.28. The lowest BCUT2D eigenvalue weighted by Gasteiger charge is -2.17. The number of anilines is 1. The number of ether oxygens (including phenoxy) is 1. The van der Waals surface area contributed by atoms with E-state index in [2.05, 4.69) is 10.3 Å². The van der Waals surface area contributed by atoms with Crippen LogP contribution in [0, 0.1) is 0 Å². The highest BCUT2D eigenvalue weighted by atomic mass is 16.5. The molecule has 0 aliphatic heterocycles. The highest BCUT2D eigenvalue weighted by Gasteiger charge is 2.11. The van der Waals surface area contributed by atoms with E-state index in [-0.39, 0.29) is 5.91 Å². The monoisotopic (exact) mass is 361 g/mol. The molecule has 0 atom stereocenters. The van der Waals surface area contributed by atoms with Crippen molar-refractivity contribution >= 4 is 11.6 Å². The van der Waals surface area contributed by atoms with Gasteiger partial charge in [-0.3, -0.25) is 14.7 Å². The fraction of sp³-hybridized carbons (Fsp3) is 0.182. The highest BCUT2D eigenvalue weighted by molar-refractivity contribution is 5.93. The van der Waals surface area contributed by atoms with Crippen LogP contribution in [0.25, 0.3) is 0 Å². The lowest BCUT2D eigenvalue weighted by molar-refractivity contribution is -0.117. The fourth-order valence-electron chi connectivity index (χ4n) is 2.66. The summed E-state index contributed by atoms with van der Waals surface area (Å²) in [6, 6.07) is 20.9. The molecule has 0 aliphatic rings. The summed E-state index contributed by atoms with van der Waals surface area (Å²) in [5.41, 5.74) is 1.87. The largest absolute Gasteiger partial charge is 0.455 e. The third kappa shape index (κ3) is 5.94. The Hall–Kier alpha value is -3.18. The van der Waals surface area contributed by atoms with Crippen LogP contribution in [0.5, 0.6) is 11.5 Å². The number of para-hydroxylation sites is 3. The molecule has 0 spiro atoms. The first kappa shape index (κ1) is 18.6. The Balaban J connectivity index is 1.54. The maximum Gasteiger partial charge on any atom is 0.238 e. The van der Waals surface area contributed by atoms with E-state index >= 15 is 0 Å². The maximum absolute atomic E-state index is 12.4. The smallest absolute Gasteiger partial charge is 0.238 e. The number of aromatic nitrogens is 1. The van der Waals surface area contributed by atoms with Gasteiger partial charge in [0, 0.05) is 18.9 Å². The summed E-state index contributed by atoms with van der Waals surface area (Å²) >= 11 is 0. The number of benzene rings is 2. The van der Waals surface area contributed by atoms with Crippen molar-refractivity contribution < 1.29 is 9.53 Å². The van der Waals surface area contributed by atoms with Crippen LogP contribution in [0.2, 0.25) is 0 Å². The van der Waals surface area contributed by atoms with Crippen LogP contribution in [0.15, 0.2) is 79.1 Å². The average molecular weight is 361 g/mol. The molecule has 138 valence electrons. The Bertz CT molecular complexity index is 854. The van der Waals surface area contributed by atoms with Crippen molar-refractivity contribution in [2.45, 2.75) is 6.42 Å². The Labute approximate surface area is 159 Å². The van der Waals surface area contributed by atoms with Gasteiger partial charge in [-0.1, -0.05) is 30.3 Å². The average Bonchev–Trinajstić information content (AvgIpc) is 2.69. The summed E-state index contributed by atoms with van der Waals surface area (Å²) in [5, 5.41) is 2.94. The van der Waals surface area contributed by atoms with Gasteiger partial charge >= 0.3 is 0 Å². The van der Waals surface area contributed by atoms with Gasteiger partial charge in [-0.2, -0.15) is 0 Å². The maximum atomic E-state index is 12.4. The van der Waals surface area contributed by atoms with E-state index < -0.39 is 0 Å². The van der Waals surface area contributed by atoms with Gasteiger partial charge in [-0.15, -0.1) is 0 Å². The first-order valence-electron chi connectivity index (χ1n) is 8.90. The van der Waals surface area contributed by atoms with Crippen molar-refractivity contribution in [3.63, 3.8) is 0 Å². The van der Waals surface area contributed by atoms with Crippen LogP contribution in [0.1, 0.15) is 5.56 Å². The number of likely N-dealkylation sites (N-methyl/N-ethyl adjacent to an activating group) is 1. The van der Waals surface area contributed by atoms with Gasteiger partial charge in [0.2, 0.25) is 5.91 Å². The second-order valence-corrected chi connectivity index (χ2v) is 6.30. The van der Waals surface area contributed by atoms with Crippen LogP contribution >= 0.6 is 0 Å². The summed E-state index contributed by atoms with van der Waals surface area (Å²) in [6.07, 6.45) is 4.44. The van der Waals surface area contributed by atoms with Gasteiger partial charge in [-0.05, 0) is 55.4 Å². The zero-order valence-electron chi connectivity index (χ0n) is 15.3. The molecule has 27 heavy (non-hydrogen) atoms. The van der Waals surface area contributed by atoms with Gasteiger partial charge in [0.25, 0.3) is 0 Å². The summed E-state index contributed by atoms with van der Waals surface area (Å²) in [6.45, 7) is 1.10. The second kappa shape index (κ2) is 9.50. The van der Waals surface area contributed by atoms with Crippen molar-refractivity contribution in [1.29, 1.82) is 0 Å². The second-order valence-electron chi connectivity index (χ2n) is 6.30.